The number of carbonyl (C=O) groups is 1. The van der Waals surface area contributed by atoms with Gasteiger partial charge >= 0.3 is 6.03 Å². The maximum Gasteiger partial charge on any atom is 0.319 e. The van der Waals surface area contributed by atoms with Crippen LogP contribution in [-0.2, 0) is 11.2 Å². The van der Waals surface area contributed by atoms with Crippen LogP contribution in [0.5, 0.6) is 5.75 Å². The molecule has 7 nitrogen and oxygen atoms in total. The number of morpholine rings is 1. The smallest absolute Gasteiger partial charge is 0.319 e. The van der Waals surface area contributed by atoms with Gasteiger partial charge in [-0.05, 0) is 30.2 Å². The molecular weight excluding hydrogens is 332 g/mol. The Hall–Kier alpha value is -2.80. The van der Waals surface area contributed by atoms with Crippen molar-refractivity contribution in [2.75, 3.05) is 50.2 Å². The predicted molar refractivity (Wildman–Crippen MR) is 101 cm³/mol. The highest BCUT2D eigenvalue weighted by Crippen LogP contribution is 2.23. The second kappa shape index (κ2) is 9.05. The summed E-state index contributed by atoms with van der Waals surface area (Å²) >= 11 is 0. The van der Waals surface area contributed by atoms with Crippen molar-refractivity contribution >= 4 is 17.5 Å². The lowest BCUT2D eigenvalue weighted by atomic mass is 10.1. The second-order valence-electron chi connectivity index (χ2n) is 5.92. The van der Waals surface area contributed by atoms with Gasteiger partial charge in [-0.2, -0.15) is 0 Å². The zero-order valence-corrected chi connectivity index (χ0v) is 14.9. The number of ether oxygens (including phenoxy) is 2. The summed E-state index contributed by atoms with van der Waals surface area (Å²) in [5, 5.41) is 5.78. The van der Waals surface area contributed by atoms with E-state index in [1.807, 2.05) is 36.4 Å². The molecule has 0 spiro atoms. The average Bonchev–Trinajstić information content (AvgIpc) is 2.69. The summed E-state index contributed by atoms with van der Waals surface area (Å²) in [6, 6.07) is 11.2. The van der Waals surface area contributed by atoms with Crippen molar-refractivity contribution in [3.63, 3.8) is 0 Å². The monoisotopic (exact) mass is 356 g/mol. The summed E-state index contributed by atoms with van der Waals surface area (Å²) in [5.74, 6) is 1.60. The Morgan fingerprint density at radius 3 is 2.85 bits per heavy atom. The summed E-state index contributed by atoms with van der Waals surface area (Å²) in [6.07, 6.45) is 2.43. The molecule has 7 heteroatoms. The molecule has 1 aromatic carbocycles. The quantitative estimate of drug-likeness (QED) is 0.831. The van der Waals surface area contributed by atoms with Gasteiger partial charge in [-0.25, -0.2) is 9.78 Å². The molecule has 0 bridgehead atoms. The molecule has 1 aromatic heterocycles. The van der Waals surface area contributed by atoms with Crippen LogP contribution in [0.15, 0.2) is 42.6 Å². The van der Waals surface area contributed by atoms with Crippen LogP contribution >= 0.6 is 0 Å². The zero-order chi connectivity index (χ0) is 18.2. The first-order valence-electron chi connectivity index (χ1n) is 8.72. The molecule has 0 atom stereocenters. The minimum Gasteiger partial charge on any atom is -0.496 e. The molecule has 1 saturated heterocycles. The molecular formula is C19H24N4O3. The van der Waals surface area contributed by atoms with Crippen LogP contribution in [0.3, 0.4) is 0 Å². The van der Waals surface area contributed by atoms with Crippen LogP contribution in [0.4, 0.5) is 16.3 Å². The zero-order valence-electron chi connectivity index (χ0n) is 14.9. The number of carbonyl (C=O) groups excluding carboxylic acids is 1. The maximum absolute atomic E-state index is 12.3. The molecule has 0 radical (unpaired) electrons. The molecule has 2 N–H and O–H groups in total. The Bertz CT molecular complexity index is 732. The van der Waals surface area contributed by atoms with Crippen molar-refractivity contribution < 1.29 is 14.3 Å². The Morgan fingerprint density at radius 1 is 1.23 bits per heavy atom. The Kier molecular flexibility index (Phi) is 6.27. The van der Waals surface area contributed by atoms with E-state index in [1.54, 1.807) is 13.3 Å². The van der Waals surface area contributed by atoms with E-state index in [0.717, 1.165) is 30.2 Å². The lowest BCUT2D eigenvalue weighted by Gasteiger charge is -2.29. The first kappa shape index (κ1) is 18.0. The van der Waals surface area contributed by atoms with Crippen LogP contribution in [-0.4, -0.2) is 51.0 Å². The molecule has 138 valence electrons. The van der Waals surface area contributed by atoms with Gasteiger partial charge in [-0.1, -0.05) is 18.2 Å². The lowest BCUT2D eigenvalue weighted by Crippen LogP contribution is -2.38. The van der Waals surface area contributed by atoms with Crippen LogP contribution in [0, 0.1) is 0 Å². The van der Waals surface area contributed by atoms with Gasteiger partial charge in [0.2, 0.25) is 0 Å². The molecule has 2 amide bonds. The highest BCUT2D eigenvalue weighted by molar-refractivity contribution is 5.92. The number of benzene rings is 1. The van der Waals surface area contributed by atoms with Gasteiger partial charge in [0, 0.05) is 25.8 Å². The van der Waals surface area contributed by atoms with E-state index in [0.29, 0.717) is 31.9 Å². The topological polar surface area (TPSA) is 75.7 Å². The molecule has 0 unspecified atom stereocenters. The van der Waals surface area contributed by atoms with E-state index in [2.05, 4.69) is 20.5 Å². The Morgan fingerprint density at radius 2 is 2.04 bits per heavy atom. The van der Waals surface area contributed by atoms with Gasteiger partial charge in [-0.3, -0.25) is 0 Å². The number of methoxy groups -OCH3 is 1. The van der Waals surface area contributed by atoms with Crippen molar-refractivity contribution in [1.29, 1.82) is 0 Å². The van der Waals surface area contributed by atoms with Crippen molar-refractivity contribution in [2.45, 2.75) is 6.42 Å². The number of rotatable bonds is 6. The summed E-state index contributed by atoms with van der Waals surface area (Å²) in [5.41, 5.74) is 1.76. The van der Waals surface area contributed by atoms with Crippen LogP contribution in [0.2, 0.25) is 0 Å². The summed E-state index contributed by atoms with van der Waals surface area (Å²) in [6.45, 7) is 3.38. The predicted octanol–water partition coefficient (Wildman–Crippen LogP) is 2.29. The van der Waals surface area contributed by atoms with E-state index >= 15 is 0 Å². The number of urea groups is 1. The van der Waals surface area contributed by atoms with Gasteiger partial charge in [0.05, 0.1) is 26.0 Å². The van der Waals surface area contributed by atoms with Crippen molar-refractivity contribution in [2.24, 2.45) is 0 Å². The number of amides is 2. The van der Waals surface area contributed by atoms with Crippen LogP contribution < -0.4 is 20.3 Å². The molecule has 2 aromatic rings. The third kappa shape index (κ3) is 4.64. The van der Waals surface area contributed by atoms with Crippen molar-refractivity contribution in [3.05, 3.63) is 48.2 Å². The highest BCUT2D eigenvalue weighted by atomic mass is 16.5. The molecule has 1 aliphatic heterocycles. The molecule has 1 aliphatic rings. The van der Waals surface area contributed by atoms with Crippen molar-refractivity contribution in [1.82, 2.24) is 10.3 Å². The summed E-state index contributed by atoms with van der Waals surface area (Å²) < 4.78 is 10.7. The maximum atomic E-state index is 12.3. The van der Waals surface area contributed by atoms with E-state index < -0.39 is 0 Å². The van der Waals surface area contributed by atoms with Gasteiger partial charge in [0.1, 0.15) is 5.75 Å². The standard InChI is InChI=1S/C19H24N4O3/c1-25-17-7-3-2-5-15(17)8-10-21-19(24)22-16-6-4-9-20-18(16)23-11-13-26-14-12-23/h2-7,9H,8,10-14H2,1H3,(H2,21,22,24). The number of anilines is 2. The SMILES string of the molecule is COc1ccccc1CCNC(=O)Nc1cccnc1N1CCOCC1. The number of nitrogens with one attached hydrogen (secondary N) is 2. The number of hydrogen-bond donors (Lipinski definition) is 2. The largest absolute Gasteiger partial charge is 0.496 e. The molecule has 0 aliphatic carbocycles. The van der Waals surface area contributed by atoms with E-state index in [-0.39, 0.29) is 6.03 Å². The summed E-state index contributed by atoms with van der Waals surface area (Å²) in [4.78, 5) is 18.8. The molecule has 26 heavy (non-hydrogen) atoms. The van der Waals surface area contributed by atoms with Gasteiger partial charge in [0.15, 0.2) is 5.82 Å². The first-order chi connectivity index (χ1) is 12.8. The molecule has 3 rings (SSSR count). The van der Waals surface area contributed by atoms with E-state index in [4.69, 9.17) is 9.47 Å². The number of aromatic nitrogens is 1. The lowest BCUT2D eigenvalue weighted by molar-refractivity contribution is 0.122. The van der Waals surface area contributed by atoms with Gasteiger partial charge < -0.3 is 25.0 Å². The Labute approximate surface area is 153 Å². The number of hydrogen-bond acceptors (Lipinski definition) is 5. The fourth-order valence-corrected chi connectivity index (χ4v) is 2.91. The Balaban J connectivity index is 1.55. The van der Waals surface area contributed by atoms with Gasteiger partial charge in [-0.15, -0.1) is 0 Å². The van der Waals surface area contributed by atoms with E-state index in [1.165, 1.54) is 0 Å². The average molecular weight is 356 g/mol. The first-order valence-corrected chi connectivity index (χ1v) is 8.72. The van der Waals surface area contributed by atoms with E-state index in [9.17, 15) is 4.79 Å². The van der Waals surface area contributed by atoms with Crippen molar-refractivity contribution in [3.8, 4) is 5.75 Å². The number of nitrogens with zero attached hydrogens (tertiary/aromatic N) is 2. The van der Waals surface area contributed by atoms with Crippen LogP contribution in [0.1, 0.15) is 5.56 Å². The number of para-hydroxylation sites is 1. The highest BCUT2D eigenvalue weighted by Gasteiger charge is 2.17. The minimum atomic E-state index is -0.248. The molecule has 2 heterocycles. The van der Waals surface area contributed by atoms with Crippen LogP contribution in [0.25, 0.3) is 0 Å². The minimum absolute atomic E-state index is 0.248. The molecule has 1 fully saturated rings. The molecule has 0 saturated carbocycles. The third-order valence-electron chi connectivity index (χ3n) is 4.22. The fourth-order valence-electron chi connectivity index (χ4n) is 2.91. The van der Waals surface area contributed by atoms with Gasteiger partial charge in [0.25, 0.3) is 0 Å². The normalized spacial score (nSPS) is 14.0. The second-order valence-corrected chi connectivity index (χ2v) is 5.92. The number of pyridine rings is 1. The fraction of sp³-hybridized carbons (Fsp3) is 0.368. The third-order valence-corrected chi connectivity index (χ3v) is 4.22. The summed E-state index contributed by atoms with van der Waals surface area (Å²) in [7, 11) is 1.65.